The normalized spacial score (nSPS) is 10.2. The molecule has 0 atom stereocenters. The quantitative estimate of drug-likeness (QED) is 0.598. The van der Waals surface area contributed by atoms with Crippen LogP contribution in [-0.4, -0.2) is 20.3 Å². The molecule has 0 saturated carbocycles. The third-order valence-corrected chi connectivity index (χ3v) is 1.66. The Hall–Kier alpha value is -2.04. The molecule has 13 heavy (non-hydrogen) atoms. The summed E-state index contributed by atoms with van der Waals surface area (Å²) in [4.78, 5) is 3.89. The van der Waals surface area contributed by atoms with Crippen LogP contribution in [0.1, 0.15) is 0 Å². The van der Waals surface area contributed by atoms with E-state index in [2.05, 4.69) is 15.2 Å². The van der Waals surface area contributed by atoms with Gasteiger partial charge in [0.05, 0.1) is 5.56 Å². The molecule has 5 nitrogen and oxygen atoms in total. The van der Waals surface area contributed by atoms with Crippen molar-refractivity contribution in [2.45, 2.75) is 0 Å². The Kier molecular flexibility index (Phi) is 1.63. The molecule has 0 spiro atoms. The van der Waals surface area contributed by atoms with Crippen molar-refractivity contribution in [3.63, 3.8) is 0 Å². The van der Waals surface area contributed by atoms with Crippen LogP contribution in [0.5, 0.6) is 5.75 Å². The van der Waals surface area contributed by atoms with Gasteiger partial charge in [0.15, 0.2) is 5.82 Å². The molecule has 0 bridgehead atoms. The first-order chi connectivity index (χ1) is 6.27. The molecule has 5 heteroatoms. The first-order valence-corrected chi connectivity index (χ1v) is 3.73. The maximum Gasteiger partial charge on any atom is 0.239 e. The van der Waals surface area contributed by atoms with Crippen LogP contribution in [0, 0.1) is 0 Å². The second kappa shape index (κ2) is 2.78. The molecule has 0 fully saturated rings. The Bertz CT molecular complexity index is 424. The van der Waals surface area contributed by atoms with Crippen LogP contribution in [0.25, 0.3) is 11.4 Å². The number of hydrogen-bond acceptors (Lipinski definition) is 4. The van der Waals surface area contributed by atoms with Gasteiger partial charge in [0.1, 0.15) is 5.75 Å². The minimum atomic E-state index is 0.152. The number of nitrogen functional groups attached to an aromatic ring is 1. The highest BCUT2D eigenvalue weighted by atomic mass is 16.3. The Morgan fingerprint density at radius 2 is 2.08 bits per heavy atom. The second-order valence-electron chi connectivity index (χ2n) is 2.56. The van der Waals surface area contributed by atoms with Crippen molar-refractivity contribution >= 4 is 5.95 Å². The number of nitrogens with two attached hydrogens (primary N) is 1. The Morgan fingerprint density at radius 3 is 2.69 bits per heavy atom. The lowest BCUT2D eigenvalue weighted by Gasteiger charge is -1.97. The molecule has 0 radical (unpaired) electrons. The van der Waals surface area contributed by atoms with E-state index in [0.717, 1.165) is 0 Å². The third-order valence-electron chi connectivity index (χ3n) is 1.66. The van der Waals surface area contributed by atoms with E-state index >= 15 is 0 Å². The van der Waals surface area contributed by atoms with Gasteiger partial charge in [-0.15, -0.1) is 5.10 Å². The van der Waals surface area contributed by atoms with Crippen LogP contribution >= 0.6 is 0 Å². The number of aromatic hydroxyl groups is 1. The van der Waals surface area contributed by atoms with Gasteiger partial charge in [-0.1, -0.05) is 12.1 Å². The van der Waals surface area contributed by atoms with Crippen LogP contribution in [0.4, 0.5) is 5.95 Å². The number of para-hydroxylation sites is 1. The predicted octanol–water partition coefficient (Wildman–Crippen LogP) is 0.759. The lowest BCUT2D eigenvalue weighted by Crippen LogP contribution is -1.85. The molecule has 0 aliphatic rings. The van der Waals surface area contributed by atoms with Crippen LogP contribution < -0.4 is 5.73 Å². The first-order valence-electron chi connectivity index (χ1n) is 3.73. The topological polar surface area (TPSA) is 87.8 Å². The molecule has 0 saturated heterocycles. The van der Waals surface area contributed by atoms with Crippen molar-refractivity contribution < 1.29 is 5.11 Å². The number of H-pyrrole nitrogens is 1. The molecule has 4 N–H and O–H groups in total. The lowest BCUT2D eigenvalue weighted by atomic mass is 10.2. The van der Waals surface area contributed by atoms with E-state index in [0.29, 0.717) is 11.4 Å². The number of phenols is 1. The summed E-state index contributed by atoms with van der Waals surface area (Å²) in [5.74, 6) is 0.785. The zero-order valence-electron chi connectivity index (χ0n) is 6.73. The molecule has 0 amide bonds. The summed E-state index contributed by atoms with van der Waals surface area (Å²) >= 11 is 0. The third kappa shape index (κ3) is 1.31. The highest BCUT2D eigenvalue weighted by molar-refractivity contribution is 5.63. The molecule has 1 aromatic heterocycles. The van der Waals surface area contributed by atoms with Crippen LogP contribution in [-0.2, 0) is 0 Å². The minimum absolute atomic E-state index is 0.152. The van der Waals surface area contributed by atoms with E-state index < -0.39 is 0 Å². The molecular formula is C8H8N4O. The molecule has 0 aliphatic heterocycles. The fourth-order valence-electron chi connectivity index (χ4n) is 1.07. The van der Waals surface area contributed by atoms with Crippen molar-refractivity contribution in [2.24, 2.45) is 0 Å². The fourth-order valence-corrected chi connectivity index (χ4v) is 1.07. The summed E-state index contributed by atoms with van der Waals surface area (Å²) in [5.41, 5.74) is 5.92. The van der Waals surface area contributed by atoms with Crippen LogP contribution in [0.3, 0.4) is 0 Å². The van der Waals surface area contributed by atoms with E-state index in [4.69, 9.17) is 5.73 Å². The van der Waals surface area contributed by atoms with Gasteiger partial charge in [-0.3, -0.25) is 5.10 Å². The van der Waals surface area contributed by atoms with Gasteiger partial charge in [-0.05, 0) is 12.1 Å². The number of aromatic amines is 1. The summed E-state index contributed by atoms with van der Waals surface area (Å²) < 4.78 is 0. The maximum atomic E-state index is 9.44. The van der Waals surface area contributed by atoms with E-state index in [9.17, 15) is 5.11 Å². The highest BCUT2D eigenvalue weighted by Gasteiger charge is 2.06. The molecule has 2 aromatic rings. The minimum Gasteiger partial charge on any atom is -0.507 e. The van der Waals surface area contributed by atoms with E-state index in [1.165, 1.54) is 0 Å². The first kappa shape index (κ1) is 7.60. The van der Waals surface area contributed by atoms with Crippen molar-refractivity contribution in [1.82, 2.24) is 15.2 Å². The smallest absolute Gasteiger partial charge is 0.239 e. The number of phenolic OH excluding ortho intramolecular Hbond substituents is 1. The number of rotatable bonds is 1. The standard InChI is InChI=1S/C8H8N4O/c9-8-10-7(11-12-8)5-3-1-2-4-6(5)13/h1-4,13H,(H3,9,10,11,12). The molecule has 0 unspecified atom stereocenters. The van der Waals surface area contributed by atoms with Gasteiger partial charge in [-0.25, -0.2) is 0 Å². The summed E-state index contributed by atoms with van der Waals surface area (Å²) in [5, 5.41) is 15.7. The summed E-state index contributed by atoms with van der Waals surface area (Å²) in [7, 11) is 0. The Morgan fingerprint density at radius 1 is 1.31 bits per heavy atom. The maximum absolute atomic E-state index is 9.44. The second-order valence-corrected chi connectivity index (χ2v) is 2.56. The number of anilines is 1. The van der Waals surface area contributed by atoms with Crippen LogP contribution in [0.15, 0.2) is 24.3 Å². The summed E-state index contributed by atoms with van der Waals surface area (Å²) in [6.07, 6.45) is 0. The largest absolute Gasteiger partial charge is 0.507 e. The number of hydrogen-bond donors (Lipinski definition) is 3. The molecule has 66 valence electrons. The van der Waals surface area contributed by atoms with E-state index in [1.807, 2.05) is 0 Å². The SMILES string of the molecule is Nc1n[nH]c(-c2ccccc2O)n1. The van der Waals surface area contributed by atoms with Crippen molar-refractivity contribution in [3.05, 3.63) is 24.3 Å². The van der Waals surface area contributed by atoms with Crippen molar-refractivity contribution in [2.75, 3.05) is 5.73 Å². The summed E-state index contributed by atoms with van der Waals surface area (Å²) in [6.45, 7) is 0. The Balaban J connectivity index is 2.52. The Labute approximate surface area is 74.2 Å². The predicted molar refractivity (Wildman–Crippen MR) is 47.9 cm³/mol. The van der Waals surface area contributed by atoms with E-state index in [-0.39, 0.29) is 11.7 Å². The average Bonchev–Trinajstić information content (AvgIpc) is 2.53. The van der Waals surface area contributed by atoms with Crippen LogP contribution in [0.2, 0.25) is 0 Å². The number of benzene rings is 1. The van der Waals surface area contributed by atoms with Gasteiger partial charge >= 0.3 is 0 Å². The van der Waals surface area contributed by atoms with Gasteiger partial charge in [0, 0.05) is 0 Å². The summed E-state index contributed by atoms with van der Waals surface area (Å²) in [6, 6.07) is 6.84. The fraction of sp³-hybridized carbons (Fsp3) is 0. The van der Waals surface area contributed by atoms with Gasteiger partial charge in [-0.2, -0.15) is 4.98 Å². The average molecular weight is 176 g/mol. The van der Waals surface area contributed by atoms with Crippen molar-refractivity contribution in [1.29, 1.82) is 0 Å². The van der Waals surface area contributed by atoms with Gasteiger partial charge in [0.2, 0.25) is 5.95 Å². The molecule has 0 aliphatic carbocycles. The monoisotopic (exact) mass is 176 g/mol. The number of nitrogens with one attached hydrogen (secondary N) is 1. The molecule has 1 heterocycles. The number of nitrogens with zero attached hydrogens (tertiary/aromatic N) is 2. The van der Waals surface area contributed by atoms with Gasteiger partial charge < -0.3 is 10.8 Å². The zero-order valence-corrected chi connectivity index (χ0v) is 6.73. The zero-order chi connectivity index (χ0) is 9.26. The van der Waals surface area contributed by atoms with Crippen molar-refractivity contribution in [3.8, 4) is 17.1 Å². The highest BCUT2D eigenvalue weighted by Crippen LogP contribution is 2.25. The number of aromatic nitrogens is 3. The lowest BCUT2D eigenvalue weighted by molar-refractivity contribution is 0.477. The molecular weight excluding hydrogens is 168 g/mol. The van der Waals surface area contributed by atoms with E-state index in [1.54, 1.807) is 24.3 Å². The molecule has 2 rings (SSSR count). The van der Waals surface area contributed by atoms with Gasteiger partial charge in [0.25, 0.3) is 0 Å². The molecule has 1 aromatic carbocycles.